The van der Waals surface area contributed by atoms with E-state index in [2.05, 4.69) is 51.9 Å². The van der Waals surface area contributed by atoms with Crippen LogP contribution in [0, 0.1) is 35.5 Å². The van der Waals surface area contributed by atoms with Crippen molar-refractivity contribution in [2.45, 2.75) is 129 Å². The number of esters is 1. The lowest BCUT2D eigenvalue weighted by Crippen LogP contribution is -2.47. The minimum Gasteiger partial charge on any atom is -0.462 e. The van der Waals surface area contributed by atoms with Crippen LogP contribution in [0.15, 0.2) is 47.6 Å². The van der Waals surface area contributed by atoms with E-state index >= 15 is 0 Å². The Kier molecular flexibility index (Phi) is 11.5. The van der Waals surface area contributed by atoms with Gasteiger partial charge in [-0.25, -0.2) is 0 Å². The number of fused-ring (bicyclic) bond motifs is 5. The number of hydrogen-bond donors (Lipinski definition) is 0. The Balaban J connectivity index is 1.22. The van der Waals surface area contributed by atoms with Gasteiger partial charge in [0.05, 0.1) is 31.3 Å². The fourth-order valence-corrected chi connectivity index (χ4v) is 9.61. The maximum Gasteiger partial charge on any atom is 0.306 e. The second-order valence-electron chi connectivity index (χ2n) is 15.5. The molecule has 3 fully saturated rings. The molecular formula is C40H56ClNO6. The van der Waals surface area contributed by atoms with E-state index in [1.54, 1.807) is 0 Å². The Bertz CT molecular complexity index is 1360. The Morgan fingerprint density at radius 2 is 1.73 bits per heavy atom. The molecule has 1 aromatic carbocycles. The average molecular weight is 682 g/mol. The molecule has 0 bridgehead atoms. The van der Waals surface area contributed by atoms with Gasteiger partial charge in [0.2, 0.25) is 0 Å². The lowest BCUT2D eigenvalue weighted by atomic mass is 9.67. The molecule has 0 aromatic heterocycles. The molecule has 0 N–H and O–H groups in total. The van der Waals surface area contributed by atoms with Gasteiger partial charge in [-0.3, -0.25) is 9.59 Å². The van der Waals surface area contributed by atoms with Gasteiger partial charge in [0.15, 0.2) is 12.1 Å². The van der Waals surface area contributed by atoms with E-state index in [9.17, 15) is 9.59 Å². The number of carbonyl (C=O) groups is 2. The Morgan fingerprint density at radius 1 is 0.958 bits per heavy atom. The lowest BCUT2D eigenvalue weighted by Gasteiger charge is -2.40. The smallest absolute Gasteiger partial charge is 0.306 e. The third kappa shape index (κ3) is 7.81. The number of allylic oxidation sites excluding steroid dienone is 4. The van der Waals surface area contributed by atoms with Crippen LogP contribution >= 0.6 is 11.6 Å². The topological polar surface area (TPSA) is 74.3 Å². The zero-order valence-electron chi connectivity index (χ0n) is 29.7. The minimum atomic E-state index is -0.334. The molecule has 12 atom stereocenters. The number of rotatable bonds is 7. The van der Waals surface area contributed by atoms with Gasteiger partial charge in [0.25, 0.3) is 0 Å². The molecule has 2 aliphatic heterocycles. The molecule has 1 aromatic rings. The summed E-state index contributed by atoms with van der Waals surface area (Å²) in [6.07, 6.45) is 11.2. The van der Waals surface area contributed by atoms with Crippen LogP contribution in [0.4, 0.5) is 0 Å². The molecule has 0 unspecified atom stereocenters. The second-order valence-corrected chi connectivity index (χ2v) is 15.9. The van der Waals surface area contributed by atoms with Crippen molar-refractivity contribution in [2.75, 3.05) is 14.1 Å². The SMILES string of the molecule is CC[C@H]1CCC[C@H](O[C@H]2CC[C@H](N(C)C)[C@@H](C)O2)[C@@H](C)C(=O)C2=C[C@@H]3[C@@H](C=C(C)[C@@H]4C[C@@H](OCc5ccc(Cl)cc5)C[C@@H]34)[C@@H]2CC(=O)O1. The molecule has 3 aliphatic carbocycles. The summed E-state index contributed by atoms with van der Waals surface area (Å²) < 4.78 is 25.6. The van der Waals surface area contributed by atoms with Gasteiger partial charge in [-0.2, -0.15) is 0 Å². The van der Waals surface area contributed by atoms with Crippen LogP contribution in [0.25, 0.3) is 0 Å². The van der Waals surface area contributed by atoms with Gasteiger partial charge < -0.3 is 23.8 Å². The number of ketones is 1. The molecule has 0 spiro atoms. The Hall–Kier alpha value is -2.03. The predicted octanol–water partition coefficient (Wildman–Crippen LogP) is 7.94. The van der Waals surface area contributed by atoms with E-state index in [1.807, 2.05) is 31.2 Å². The number of likely N-dealkylation sites (N-methyl/N-ethyl adjacent to an activating group) is 1. The summed E-state index contributed by atoms with van der Waals surface area (Å²) in [5, 5.41) is 0.725. The molecule has 7 nitrogen and oxygen atoms in total. The predicted molar refractivity (Wildman–Crippen MR) is 187 cm³/mol. The highest BCUT2D eigenvalue weighted by atomic mass is 35.5. The first-order valence-corrected chi connectivity index (χ1v) is 18.9. The molecule has 264 valence electrons. The zero-order valence-corrected chi connectivity index (χ0v) is 30.5. The highest BCUT2D eigenvalue weighted by molar-refractivity contribution is 6.30. The number of carbonyl (C=O) groups excluding carboxylic acids is 2. The third-order valence-electron chi connectivity index (χ3n) is 12.2. The maximum absolute atomic E-state index is 14.6. The van der Waals surface area contributed by atoms with E-state index in [4.69, 9.17) is 30.5 Å². The molecule has 2 heterocycles. The first kappa shape index (κ1) is 35.8. The summed E-state index contributed by atoms with van der Waals surface area (Å²) in [5.74, 6) is 0.503. The van der Waals surface area contributed by atoms with Crippen molar-refractivity contribution >= 4 is 23.4 Å². The van der Waals surface area contributed by atoms with E-state index in [1.165, 1.54) is 5.57 Å². The number of ether oxygens (including phenoxy) is 4. The fraction of sp³-hybridized carbons (Fsp3) is 0.700. The van der Waals surface area contributed by atoms with Gasteiger partial charge >= 0.3 is 5.97 Å². The highest BCUT2D eigenvalue weighted by Crippen LogP contribution is 2.56. The van der Waals surface area contributed by atoms with E-state index < -0.39 is 0 Å². The summed E-state index contributed by atoms with van der Waals surface area (Å²) in [6.45, 7) is 9.02. The lowest BCUT2D eigenvalue weighted by molar-refractivity contribution is -0.231. The van der Waals surface area contributed by atoms with Gasteiger partial charge in [-0.05, 0) is 126 Å². The Labute approximate surface area is 292 Å². The van der Waals surface area contributed by atoms with Crippen molar-refractivity contribution in [3.63, 3.8) is 0 Å². The largest absolute Gasteiger partial charge is 0.462 e. The van der Waals surface area contributed by atoms with Crippen LogP contribution in [-0.4, -0.2) is 67.5 Å². The number of hydrogen-bond acceptors (Lipinski definition) is 7. The number of halogens is 1. The van der Waals surface area contributed by atoms with Crippen LogP contribution in [0.1, 0.15) is 91.0 Å². The van der Waals surface area contributed by atoms with Crippen LogP contribution in [0.3, 0.4) is 0 Å². The monoisotopic (exact) mass is 681 g/mol. The summed E-state index contributed by atoms with van der Waals surface area (Å²) >= 11 is 6.09. The first-order chi connectivity index (χ1) is 23.0. The number of nitrogens with zero attached hydrogens (tertiary/aromatic N) is 1. The summed E-state index contributed by atoms with van der Waals surface area (Å²) in [7, 11) is 4.19. The normalized spacial score (nSPS) is 39.0. The number of Topliss-reactive ketones (excluding diaryl/α,β-unsaturated/α-hetero) is 1. The number of benzene rings is 1. The number of cyclic esters (lactones) is 1. The Morgan fingerprint density at radius 3 is 2.44 bits per heavy atom. The van der Waals surface area contributed by atoms with Gasteiger partial charge in [0, 0.05) is 22.9 Å². The van der Waals surface area contributed by atoms with E-state index in [0.717, 1.165) is 67.5 Å². The standard InChI is InChI=1S/C40H56ClNO6/c1-7-28-9-8-10-37(48-39-16-15-36(42(5)6)25(4)46-39)24(3)40(44)35-20-33-31(34(35)21-38(43)47-28)17-23(2)30-18-29(19-32(30)33)45-22-26-11-13-27(41)14-12-26/h11-14,17,20,24-25,28-34,36-37,39H,7-10,15-16,18-19,21-22H2,1-6H3/t24-,25-,28+,29-,30+,31-,32-,33-,34+,36+,37+,39+/m1/s1. The van der Waals surface area contributed by atoms with Crippen LogP contribution in [0.5, 0.6) is 0 Å². The molecule has 0 radical (unpaired) electrons. The molecule has 48 heavy (non-hydrogen) atoms. The third-order valence-corrected chi connectivity index (χ3v) is 12.4. The van der Waals surface area contributed by atoms with Crippen molar-refractivity contribution in [3.05, 3.63) is 58.1 Å². The van der Waals surface area contributed by atoms with Gasteiger partial charge in [0.1, 0.15) is 6.10 Å². The van der Waals surface area contributed by atoms with Crippen LogP contribution in [-0.2, 0) is 35.1 Å². The highest BCUT2D eigenvalue weighted by Gasteiger charge is 2.52. The van der Waals surface area contributed by atoms with Crippen molar-refractivity contribution in [1.82, 2.24) is 4.90 Å². The summed E-state index contributed by atoms with van der Waals surface area (Å²) in [5.41, 5.74) is 3.28. The average Bonchev–Trinajstić information content (AvgIpc) is 3.64. The zero-order chi connectivity index (χ0) is 34.1. The maximum atomic E-state index is 14.6. The fourth-order valence-electron chi connectivity index (χ4n) is 9.48. The summed E-state index contributed by atoms with van der Waals surface area (Å²) in [4.78, 5) is 30.3. The van der Waals surface area contributed by atoms with E-state index in [0.29, 0.717) is 24.5 Å². The molecular weight excluding hydrogens is 626 g/mol. The molecule has 6 rings (SSSR count). The van der Waals surface area contributed by atoms with Gasteiger partial charge in [-0.15, -0.1) is 0 Å². The quantitative estimate of drug-likeness (QED) is 0.214. The van der Waals surface area contributed by atoms with Crippen molar-refractivity contribution < 1.29 is 28.5 Å². The molecule has 0 amide bonds. The van der Waals surface area contributed by atoms with Crippen LogP contribution < -0.4 is 0 Å². The molecule has 8 heteroatoms. The minimum absolute atomic E-state index is 0.0540. The van der Waals surface area contributed by atoms with Crippen molar-refractivity contribution in [1.29, 1.82) is 0 Å². The van der Waals surface area contributed by atoms with Crippen molar-refractivity contribution in [2.24, 2.45) is 35.5 Å². The van der Waals surface area contributed by atoms with Crippen LogP contribution in [0.2, 0.25) is 5.02 Å². The summed E-state index contributed by atoms with van der Waals surface area (Å²) in [6, 6.07) is 8.20. The second kappa shape index (κ2) is 15.5. The molecule has 2 saturated heterocycles. The van der Waals surface area contributed by atoms with E-state index in [-0.39, 0.29) is 72.6 Å². The molecule has 5 aliphatic rings. The first-order valence-electron chi connectivity index (χ1n) is 18.5. The molecule has 1 saturated carbocycles. The van der Waals surface area contributed by atoms with Crippen molar-refractivity contribution in [3.8, 4) is 0 Å². The van der Waals surface area contributed by atoms with Gasteiger partial charge in [-0.1, -0.05) is 55.3 Å².